The topological polar surface area (TPSA) is 201 Å². The van der Waals surface area contributed by atoms with Gasteiger partial charge in [0.2, 0.25) is 10.0 Å². The van der Waals surface area contributed by atoms with Crippen LogP contribution in [0.2, 0.25) is 0 Å². The number of hydrogen-bond acceptors (Lipinski definition) is 10. The van der Waals surface area contributed by atoms with Crippen LogP contribution in [0.4, 0.5) is 17.1 Å². The zero-order chi connectivity index (χ0) is 27.1. The van der Waals surface area contributed by atoms with Gasteiger partial charge in [0.05, 0.1) is 44.8 Å². The number of nitro benzene ring substituents is 2. The Morgan fingerprint density at radius 2 is 1.27 bits per heavy atom. The summed E-state index contributed by atoms with van der Waals surface area (Å²) < 4.78 is 26.6. The van der Waals surface area contributed by atoms with Crippen LogP contribution in [-0.4, -0.2) is 70.9 Å². The SMILES string of the molecule is O=C1c2cc([N+](=O)[O-])cc3cc([N+](=O)[O-])cc(c23)C(=O)N1c1ccc(S(=O)(=O)N(CCO)CCO)cc1. The molecule has 14 nitrogen and oxygen atoms in total. The molecule has 0 fully saturated rings. The highest BCUT2D eigenvalue weighted by Crippen LogP contribution is 2.38. The first-order chi connectivity index (χ1) is 17.5. The Balaban J connectivity index is 1.83. The Labute approximate surface area is 208 Å². The smallest absolute Gasteiger partial charge is 0.270 e. The van der Waals surface area contributed by atoms with Crippen LogP contribution in [-0.2, 0) is 10.0 Å². The lowest BCUT2D eigenvalue weighted by Gasteiger charge is -2.27. The summed E-state index contributed by atoms with van der Waals surface area (Å²) in [7, 11) is -4.14. The quantitative estimate of drug-likeness (QED) is 0.231. The van der Waals surface area contributed by atoms with Gasteiger partial charge in [0.15, 0.2) is 0 Å². The predicted octanol–water partition coefficient (Wildman–Crippen LogP) is 1.43. The van der Waals surface area contributed by atoms with Crippen molar-refractivity contribution in [3.63, 3.8) is 0 Å². The van der Waals surface area contributed by atoms with Crippen molar-refractivity contribution in [2.45, 2.75) is 4.90 Å². The maximum absolute atomic E-state index is 13.3. The molecule has 1 aliphatic rings. The largest absolute Gasteiger partial charge is 0.395 e. The van der Waals surface area contributed by atoms with Gasteiger partial charge in [0.25, 0.3) is 23.2 Å². The second-order valence-electron chi connectivity index (χ2n) is 7.89. The molecule has 1 aliphatic heterocycles. The first-order valence-electron chi connectivity index (χ1n) is 10.6. The standard InChI is InChI=1S/C22H18N4O10S/c27-7-5-23(6-8-28)37(35,36)17-3-1-14(2-4-17)24-21(29)18-11-15(25(31)32)9-13-10-16(26(33)34)12-19(20(13)18)22(24)30/h1-4,9-12,27-28H,5-8H2. The Kier molecular flexibility index (Phi) is 6.70. The molecule has 0 radical (unpaired) electrons. The van der Waals surface area contributed by atoms with Gasteiger partial charge in [-0.1, -0.05) is 0 Å². The van der Waals surface area contributed by atoms with E-state index in [-0.39, 0.29) is 45.6 Å². The average molecular weight is 530 g/mol. The molecule has 2 N–H and O–H groups in total. The van der Waals surface area contributed by atoms with E-state index in [4.69, 9.17) is 10.2 Å². The first-order valence-corrected chi connectivity index (χ1v) is 12.1. The molecular formula is C22H18N4O10S. The highest BCUT2D eigenvalue weighted by Gasteiger charge is 2.37. The third-order valence-corrected chi connectivity index (χ3v) is 7.65. The number of carbonyl (C=O) groups excluding carboxylic acids is 2. The van der Waals surface area contributed by atoms with Crippen LogP contribution in [0.5, 0.6) is 0 Å². The van der Waals surface area contributed by atoms with Crippen molar-refractivity contribution in [1.29, 1.82) is 0 Å². The lowest BCUT2D eigenvalue weighted by Crippen LogP contribution is -2.40. The lowest BCUT2D eigenvalue weighted by molar-refractivity contribution is -0.385. The molecule has 15 heteroatoms. The van der Waals surface area contributed by atoms with E-state index < -0.39 is 56.3 Å². The predicted molar refractivity (Wildman–Crippen MR) is 128 cm³/mol. The molecule has 0 aliphatic carbocycles. The van der Waals surface area contributed by atoms with Crippen LogP contribution in [0.25, 0.3) is 10.8 Å². The van der Waals surface area contributed by atoms with Crippen molar-refractivity contribution in [1.82, 2.24) is 4.31 Å². The van der Waals surface area contributed by atoms with Crippen molar-refractivity contribution in [2.24, 2.45) is 0 Å². The summed E-state index contributed by atoms with van der Waals surface area (Å²) in [6.45, 7) is -1.52. The zero-order valence-corrected chi connectivity index (χ0v) is 19.6. The molecule has 0 unspecified atom stereocenters. The van der Waals surface area contributed by atoms with Crippen LogP contribution in [0.1, 0.15) is 20.7 Å². The summed E-state index contributed by atoms with van der Waals surface area (Å²) in [5.74, 6) is -1.87. The number of non-ortho nitro benzene ring substituents is 2. The molecule has 4 rings (SSSR count). The number of benzene rings is 3. The second kappa shape index (κ2) is 9.62. The molecule has 0 atom stereocenters. The highest BCUT2D eigenvalue weighted by molar-refractivity contribution is 7.89. The van der Waals surface area contributed by atoms with E-state index in [1.54, 1.807) is 0 Å². The van der Waals surface area contributed by atoms with Gasteiger partial charge in [-0.2, -0.15) is 4.31 Å². The van der Waals surface area contributed by atoms with Crippen molar-refractivity contribution in [2.75, 3.05) is 31.2 Å². The van der Waals surface area contributed by atoms with E-state index in [0.29, 0.717) is 4.90 Å². The number of sulfonamides is 1. The summed E-state index contributed by atoms with van der Waals surface area (Å²) in [5, 5.41) is 41.1. The van der Waals surface area contributed by atoms with Gasteiger partial charge in [-0.05, 0) is 29.7 Å². The minimum atomic E-state index is -4.14. The number of imide groups is 1. The van der Waals surface area contributed by atoms with E-state index >= 15 is 0 Å². The first kappa shape index (κ1) is 25.8. The minimum Gasteiger partial charge on any atom is -0.395 e. The monoisotopic (exact) mass is 530 g/mol. The number of rotatable bonds is 9. The molecular weight excluding hydrogens is 512 g/mol. The van der Waals surface area contributed by atoms with E-state index in [9.17, 15) is 38.2 Å². The molecule has 0 spiro atoms. The molecule has 2 amide bonds. The van der Waals surface area contributed by atoms with Crippen LogP contribution in [0.15, 0.2) is 53.4 Å². The number of carbonyl (C=O) groups is 2. The Hall–Kier alpha value is -4.31. The Morgan fingerprint density at radius 3 is 1.68 bits per heavy atom. The number of nitro groups is 2. The number of amides is 2. The number of anilines is 1. The van der Waals surface area contributed by atoms with E-state index in [0.717, 1.165) is 52.8 Å². The maximum atomic E-state index is 13.3. The third-order valence-electron chi connectivity index (χ3n) is 5.74. The number of aliphatic hydroxyl groups is 2. The average Bonchev–Trinajstić information content (AvgIpc) is 2.86. The number of hydrogen-bond donors (Lipinski definition) is 2. The van der Waals surface area contributed by atoms with E-state index in [2.05, 4.69) is 0 Å². The summed E-state index contributed by atoms with van der Waals surface area (Å²) in [4.78, 5) is 48.4. The molecule has 3 aromatic rings. The van der Waals surface area contributed by atoms with Gasteiger partial charge in [0.1, 0.15) is 0 Å². The number of aliphatic hydroxyl groups excluding tert-OH is 2. The molecule has 0 saturated heterocycles. The van der Waals surface area contributed by atoms with Gasteiger partial charge in [-0.3, -0.25) is 29.8 Å². The van der Waals surface area contributed by atoms with Crippen molar-refractivity contribution in [3.8, 4) is 0 Å². The molecule has 0 aromatic heterocycles. The van der Waals surface area contributed by atoms with Crippen LogP contribution in [0, 0.1) is 20.2 Å². The van der Waals surface area contributed by atoms with Crippen LogP contribution in [0.3, 0.4) is 0 Å². The maximum Gasteiger partial charge on any atom is 0.270 e. The third kappa shape index (κ3) is 4.40. The molecule has 3 aromatic carbocycles. The molecule has 0 bridgehead atoms. The highest BCUT2D eigenvalue weighted by atomic mass is 32.2. The van der Waals surface area contributed by atoms with Crippen molar-refractivity contribution >= 4 is 49.7 Å². The van der Waals surface area contributed by atoms with E-state index in [1.807, 2.05) is 0 Å². The fourth-order valence-corrected chi connectivity index (χ4v) is 5.51. The molecule has 37 heavy (non-hydrogen) atoms. The van der Waals surface area contributed by atoms with Crippen LogP contribution >= 0.6 is 0 Å². The Morgan fingerprint density at radius 1 is 0.811 bits per heavy atom. The van der Waals surface area contributed by atoms with Gasteiger partial charge in [0, 0.05) is 42.7 Å². The molecule has 0 saturated carbocycles. The van der Waals surface area contributed by atoms with Gasteiger partial charge >= 0.3 is 0 Å². The van der Waals surface area contributed by atoms with Crippen LogP contribution < -0.4 is 4.90 Å². The fraction of sp³-hybridized carbons (Fsp3) is 0.182. The van der Waals surface area contributed by atoms with Gasteiger partial charge in [-0.15, -0.1) is 0 Å². The summed E-state index contributed by atoms with van der Waals surface area (Å²) in [6.07, 6.45) is 0. The molecule has 192 valence electrons. The normalized spacial score (nSPS) is 13.4. The Bertz CT molecular complexity index is 1500. The van der Waals surface area contributed by atoms with Crippen molar-refractivity contribution < 1.29 is 38.1 Å². The summed E-state index contributed by atoms with van der Waals surface area (Å²) in [6, 6.07) is 8.56. The van der Waals surface area contributed by atoms with Gasteiger partial charge in [-0.25, -0.2) is 13.3 Å². The minimum absolute atomic E-state index is 0.0240. The lowest BCUT2D eigenvalue weighted by atomic mass is 9.92. The van der Waals surface area contributed by atoms with Gasteiger partial charge < -0.3 is 10.2 Å². The second-order valence-corrected chi connectivity index (χ2v) is 9.83. The summed E-state index contributed by atoms with van der Waals surface area (Å²) >= 11 is 0. The summed E-state index contributed by atoms with van der Waals surface area (Å²) in [5.41, 5.74) is -1.54. The zero-order valence-electron chi connectivity index (χ0n) is 18.8. The molecule has 1 heterocycles. The fourth-order valence-electron chi connectivity index (χ4n) is 4.09. The van der Waals surface area contributed by atoms with Crippen molar-refractivity contribution in [3.05, 3.63) is 79.9 Å². The van der Waals surface area contributed by atoms with E-state index in [1.165, 1.54) is 0 Å². The number of nitrogens with zero attached hydrogens (tertiary/aromatic N) is 4.